The second kappa shape index (κ2) is 5.35. The van der Waals surface area contributed by atoms with Gasteiger partial charge in [0.15, 0.2) is 0 Å². The number of benzene rings is 1. The molecule has 1 aromatic rings. The van der Waals surface area contributed by atoms with Gasteiger partial charge in [-0.3, -0.25) is 0 Å². The van der Waals surface area contributed by atoms with E-state index in [-0.39, 0.29) is 12.2 Å². The monoisotopic (exact) mass is 327 g/mol. The van der Waals surface area contributed by atoms with Crippen LogP contribution in [0.5, 0.6) is 0 Å². The van der Waals surface area contributed by atoms with Gasteiger partial charge in [-0.2, -0.15) is 0 Å². The first-order valence-corrected chi connectivity index (χ1v) is 8.76. The topological polar surface area (TPSA) is 50.9 Å². The van der Waals surface area contributed by atoms with Gasteiger partial charge in [0.1, 0.15) is 6.10 Å². The number of carbonyl (C=O) groups excluding carboxylic acids is 1. The molecular weight excluding hydrogens is 302 g/mol. The fourth-order valence-corrected chi connectivity index (χ4v) is 4.35. The Morgan fingerprint density at radius 3 is 2.79 bits per heavy atom. The highest BCUT2D eigenvalue weighted by atomic mass is 16.6. The van der Waals surface area contributed by atoms with Crippen LogP contribution >= 0.6 is 0 Å². The van der Waals surface area contributed by atoms with Crippen LogP contribution in [0.2, 0.25) is 0 Å². The molecule has 1 N–H and O–H groups in total. The van der Waals surface area contributed by atoms with E-state index in [1.54, 1.807) is 0 Å². The molecule has 2 aliphatic carbocycles. The van der Waals surface area contributed by atoms with Crippen LogP contribution in [0.25, 0.3) is 5.57 Å². The van der Waals surface area contributed by atoms with Gasteiger partial charge < -0.3 is 14.8 Å². The summed E-state index contributed by atoms with van der Waals surface area (Å²) in [7, 11) is 0. The molecule has 3 aliphatic rings. The Kier molecular flexibility index (Phi) is 3.50. The number of ether oxygens (including phenoxy) is 2. The number of allylic oxidation sites excluding steroid dienone is 1. The number of nitrogens with one attached hydrogen (secondary N) is 1. The molecule has 2 saturated carbocycles. The van der Waals surface area contributed by atoms with Crippen molar-refractivity contribution in [2.45, 2.75) is 57.5 Å². The smallest absolute Gasteiger partial charge is 0.408 e. The molecule has 4 nitrogen and oxygen atoms in total. The van der Waals surface area contributed by atoms with E-state index in [4.69, 9.17) is 9.47 Å². The Labute approximate surface area is 143 Å². The van der Waals surface area contributed by atoms with Gasteiger partial charge in [-0.25, -0.2) is 4.79 Å². The number of rotatable bonds is 4. The molecule has 1 saturated heterocycles. The van der Waals surface area contributed by atoms with Crippen LogP contribution in [0.1, 0.15) is 44.7 Å². The van der Waals surface area contributed by atoms with Crippen molar-refractivity contribution in [3.05, 3.63) is 42.0 Å². The van der Waals surface area contributed by atoms with Gasteiger partial charge in [0.2, 0.25) is 0 Å². The summed E-state index contributed by atoms with van der Waals surface area (Å²) >= 11 is 0. The number of amides is 1. The molecule has 128 valence electrons. The maximum atomic E-state index is 12.4. The highest BCUT2D eigenvalue weighted by Gasteiger charge is 2.64. The molecule has 0 aromatic heterocycles. The summed E-state index contributed by atoms with van der Waals surface area (Å²) in [6.07, 6.45) is 2.58. The predicted octanol–water partition coefficient (Wildman–Crippen LogP) is 3.86. The lowest BCUT2D eigenvalue weighted by molar-refractivity contribution is 0.0601. The van der Waals surface area contributed by atoms with E-state index in [0.717, 1.165) is 29.5 Å². The third-order valence-corrected chi connectivity index (χ3v) is 5.79. The summed E-state index contributed by atoms with van der Waals surface area (Å²) in [4.78, 5) is 12.4. The van der Waals surface area contributed by atoms with Gasteiger partial charge in [0, 0.05) is 5.92 Å². The van der Waals surface area contributed by atoms with Crippen molar-refractivity contribution in [2.75, 3.05) is 0 Å². The van der Waals surface area contributed by atoms with Gasteiger partial charge in [-0.1, -0.05) is 30.4 Å². The summed E-state index contributed by atoms with van der Waals surface area (Å²) in [6, 6.07) is 8.12. The van der Waals surface area contributed by atoms with Gasteiger partial charge >= 0.3 is 6.09 Å². The number of hydrogen-bond acceptors (Lipinski definition) is 3. The average molecular weight is 327 g/mol. The molecule has 2 bridgehead atoms. The van der Waals surface area contributed by atoms with Gasteiger partial charge in [-0.05, 0) is 56.7 Å². The van der Waals surface area contributed by atoms with Crippen molar-refractivity contribution in [1.29, 1.82) is 0 Å². The van der Waals surface area contributed by atoms with Crippen molar-refractivity contribution in [1.82, 2.24) is 5.32 Å². The van der Waals surface area contributed by atoms with E-state index in [9.17, 15) is 4.79 Å². The number of hydrogen-bond donors (Lipinski definition) is 1. The standard InChI is InChI=1S/C20H25NO3/c1-11(2)12-6-5-7-14(8-12)20(3,4)21-19(22)23-16-10-13-9-15(16)18-17(13)24-18/h5-8,13,15-18H,1,9-10H2,2-4H3,(H,21,22)/t13?,15-,16?,17?,18?/m1/s1. The largest absolute Gasteiger partial charge is 0.446 e. The van der Waals surface area contributed by atoms with Crippen LogP contribution in [0.3, 0.4) is 0 Å². The minimum Gasteiger partial charge on any atom is -0.446 e. The van der Waals surface area contributed by atoms with E-state index in [2.05, 4.69) is 18.0 Å². The predicted molar refractivity (Wildman–Crippen MR) is 92.5 cm³/mol. The zero-order valence-electron chi connectivity index (χ0n) is 14.5. The molecule has 1 aromatic carbocycles. The van der Waals surface area contributed by atoms with Gasteiger partial charge in [0.05, 0.1) is 17.7 Å². The van der Waals surface area contributed by atoms with E-state index < -0.39 is 5.54 Å². The quantitative estimate of drug-likeness (QED) is 0.855. The minimum atomic E-state index is -0.501. The van der Waals surface area contributed by atoms with Crippen LogP contribution in [-0.4, -0.2) is 24.4 Å². The number of alkyl carbamates (subject to hydrolysis) is 1. The highest BCUT2D eigenvalue weighted by molar-refractivity contribution is 5.69. The lowest BCUT2D eigenvalue weighted by Crippen LogP contribution is -2.43. The van der Waals surface area contributed by atoms with Crippen molar-refractivity contribution < 1.29 is 14.3 Å². The summed E-state index contributed by atoms with van der Waals surface area (Å²) in [5.74, 6) is 0.999. The van der Waals surface area contributed by atoms with Crippen molar-refractivity contribution in [3.8, 4) is 0 Å². The first-order valence-electron chi connectivity index (χ1n) is 8.76. The summed E-state index contributed by atoms with van der Waals surface area (Å²) in [5, 5.41) is 3.02. The summed E-state index contributed by atoms with van der Waals surface area (Å²) < 4.78 is 11.4. The zero-order chi connectivity index (χ0) is 17.1. The molecule has 4 heteroatoms. The number of epoxide rings is 1. The third-order valence-electron chi connectivity index (χ3n) is 5.79. The lowest BCUT2D eigenvalue weighted by Gasteiger charge is -2.29. The normalized spacial score (nSPS) is 33.0. The molecule has 3 fully saturated rings. The fraction of sp³-hybridized carbons (Fsp3) is 0.550. The van der Waals surface area contributed by atoms with E-state index in [1.165, 1.54) is 0 Å². The molecule has 1 aliphatic heterocycles. The Bertz CT molecular complexity index is 696. The van der Waals surface area contributed by atoms with E-state index >= 15 is 0 Å². The molecule has 24 heavy (non-hydrogen) atoms. The summed E-state index contributed by atoms with van der Waals surface area (Å²) in [6.45, 7) is 9.95. The number of carbonyl (C=O) groups is 1. The Morgan fingerprint density at radius 2 is 2.12 bits per heavy atom. The van der Waals surface area contributed by atoms with E-state index in [1.807, 2.05) is 39.0 Å². The minimum absolute atomic E-state index is 0.0105. The van der Waals surface area contributed by atoms with Crippen LogP contribution in [0.4, 0.5) is 4.79 Å². The van der Waals surface area contributed by atoms with Gasteiger partial charge in [0.25, 0.3) is 0 Å². The maximum absolute atomic E-state index is 12.4. The molecular formula is C20H25NO3. The second-order valence-corrected chi connectivity index (χ2v) is 8.02. The summed E-state index contributed by atoms with van der Waals surface area (Å²) in [5.41, 5.74) is 2.63. The van der Waals surface area contributed by atoms with Crippen molar-refractivity contribution in [3.63, 3.8) is 0 Å². The van der Waals surface area contributed by atoms with Crippen molar-refractivity contribution in [2.24, 2.45) is 11.8 Å². The molecule has 4 rings (SSSR count). The zero-order valence-corrected chi connectivity index (χ0v) is 14.5. The molecule has 1 heterocycles. The fourth-order valence-electron chi connectivity index (χ4n) is 4.35. The Hall–Kier alpha value is -1.81. The van der Waals surface area contributed by atoms with Crippen LogP contribution in [0, 0.1) is 11.8 Å². The molecule has 0 radical (unpaired) electrons. The van der Waals surface area contributed by atoms with Crippen LogP contribution < -0.4 is 5.32 Å². The first-order chi connectivity index (χ1) is 11.3. The van der Waals surface area contributed by atoms with E-state index in [0.29, 0.717) is 24.0 Å². The second-order valence-electron chi connectivity index (χ2n) is 8.02. The number of fused-ring (bicyclic) bond motifs is 5. The molecule has 5 atom stereocenters. The SMILES string of the molecule is C=C(C)c1cccc(C(C)(C)NC(=O)OC2CC3C[C@H]2C2OC32)c1. The van der Waals surface area contributed by atoms with Crippen LogP contribution in [0.15, 0.2) is 30.8 Å². The van der Waals surface area contributed by atoms with Crippen molar-refractivity contribution >= 4 is 11.7 Å². The maximum Gasteiger partial charge on any atom is 0.408 e. The average Bonchev–Trinajstić information content (AvgIpc) is 3.14. The van der Waals surface area contributed by atoms with Crippen LogP contribution in [-0.2, 0) is 15.0 Å². The van der Waals surface area contributed by atoms with Gasteiger partial charge in [-0.15, -0.1) is 0 Å². The molecule has 1 amide bonds. The third kappa shape index (κ3) is 2.63. The molecule has 0 spiro atoms. The Morgan fingerprint density at radius 1 is 1.33 bits per heavy atom. The molecule has 4 unspecified atom stereocenters. The lowest BCUT2D eigenvalue weighted by atomic mass is 9.92. The highest BCUT2D eigenvalue weighted by Crippen LogP contribution is 2.57. The first kappa shape index (κ1) is 15.7. The Balaban J connectivity index is 1.41.